The van der Waals surface area contributed by atoms with Crippen molar-refractivity contribution >= 4 is 0 Å². The molecule has 1 aromatic carbocycles. The summed E-state index contributed by atoms with van der Waals surface area (Å²) < 4.78 is 5.60. The van der Waals surface area contributed by atoms with Crippen molar-refractivity contribution in [2.24, 2.45) is 5.92 Å². The van der Waals surface area contributed by atoms with Gasteiger partial charge in [0.15, 0.2) is 5.79 Å². The summed E-state index contributed by atoms with van der Waals surface area (Å²) in [4.78, 5) is 0. The number of hydrogen-bond acceptors (Lipinski definition) is 2. The lowest BCUT2D eigenvalue weighted by molar-refractivity contribution is -0.216. The Morgan fingerprint density at radius 3 is 2.43 bits per heavy atom. The monoisotopic (exact) mass is 192 g/mol. The van der Waals surface area contributed by atoms with Gasteiger partial charge in [0.2, 0.25) is 0 Å². The fraction of sp³-hybridized carbons (Fsp3) is 0.500. The van der Waals surface area contributed by atoms with Crippen molar-refractivity contribution in [1.82, 2.24) is 0 Å². The molecular formula is C12H16O2. The van der Waals surface area contributed by atoms with Crippen molar-refractivity contribution in [3.63, 3.8) is 0 Å². The molecule has 0 radical (unpaired) electrons. The Morgan fingerprint density at radius 2 is 1.93 bits per heavy atom. The van der Waals surface area contributed by atoms with Gasteiger partial charge in [-0.3, -0.25) is 0 Å². The summed E-state index contributed by atoms with van der Waals surface area (Å²) >= 11 is 0. The molecule has 1 aliphatic rings. The van der Waals surface area contributed by atoms with Crippen LogP contribution in [0.15, 0.2) is 30.3 Å². The minimum Gasteiger partial charge on any atom is -0.362 e. The molecule has 2 nitrogen and oxygen atoms in total. The van der Waals surface area contributed by atoms with Crippen molar-refractivity contribution in [3.8, 4) is 0 Å². The summed E-state index contributed by atoms with van der Waals surface area (Å²) in [6.45, 7) is 4.02. The highest BCUT2D eigenvalue weighted by molar-refractivity contribution is 5.21. The van der Waals surface area contributed by atoms with Crippen LogP contribution in [-0.4, -0.2) is 11.2 Å². The van der Waals surface area contributed by atoms with Crippen LogP contribution in [0.25, 0.3) is 0 Å². The summed E-state index contributed by atoms with van der Waals surface area (Å²) in [6.07, 6.45) is 1.04. The fourth-order valence-corrected chi connectivity index (χ4v) is 2.16. The molecule has 0 aliphatic carbocycles. The number of hydrogen-bond donors (Lipinski definition) is 1. The maximum Gasteiger partial charge on any atom is 0.195 e. The standard InChI is InChI=1S/C12H16O2/c1-9-8-10(2)14-12(9,13)11-6-4-3-5-7-11/h3-7,9-10,13H,8H2,1-2H3/t9-,10-,12?/m1/s1. The first-order valence-electron chi connectivity index (χ1n) is 5.08. The molecule has 0 amide bonds. The zero-order valence-corrected chi connectivity index (χ0v) is 8.60. The fourth-order valence-electron chi connectivity index (χ4n) is 2.16. The van der Waals surface area contributed by atoms with Crippen LogP contribution in [0.5, 0.6) is 0 Å². The van der Waals surface area contributed by atoms with Gasteiger partial charge < -0.3 is 9.84 Å². The molecule has 14 heavy (non-hydrogen) atoms. The highest BCUT2D eigenvalue weighted by atomic mass is 16.6. The third-order valence-electron chi connectivity index (χ3n) is 2.92. The first-order valence-corrected chi connectivity index (χ1v) is 5.08. The Hall–Kier alpha value is -0.860. The highest BCUT2D eigenvalue weighted by Crippen LogP contribution is 2.41. The van der Waals surface area contributed by atoms with E-state index in [2.05, 4.69) is 0 Å². The van der Waals surface area contributed by atoms with E-state index in [1.807, 2.05) is 44.2 Å². The van der Waals surface area contributed by atoms with Gasteiger partial charge in [-0.25, -0.2) is 0 Å². The summed E-state index contributed by atoms with van der Waals surface area (Å²) in [5.74, 6) is -0.930. The van der Waals surface area contributed by atoms with Crippen LogP contribution in [-0.2, 0) is 10.5 Å². The van der Waals surface area contributed by atoms with Crippen molar-refractivity contribution in [2.75, 3.05) is 0 Å². The minimum atomic E-state index is -1.08. The molecule has 1 heterocycles. The third kappa shape index (κ3) is 1.45. The van der Waals surface area contributed by atoms with Gasteiger partial charge >= 0.3 is 0 Å². The zero-order chi connectivity index (χ0) is 10.2. The average Bonchev–Trinajstić information content (AvgIpc) is 2.43. The van der Waals surface area contributed by atoms with E-state index in [0.29, 0.717) is 0 Å². The quantitative estimate of drug-likeness (QED) is 0.739. The Kier molecular flexibility index (Phi) is 2.33. The molecule has 0 spiro atoms. The average molecular weight is 192 g/mol. The van der Waals surface area contributed by atoms with E-state index in [4.69, 9.17) is 4.74 Å². The summed E-state index contributed by atoms with van der Waals surface area (Å²) in [7, 11) is 0. The predicted octanol–water partition coefficient (Wildman–Crippen LogP) is 2.28. The first kappa shape index (κ1) is 9.69. The molecule has 1 unspecified atom stereocenters. The molecule has 1 saturated heterocycles. The van der Waals surface area contributed by atoms with E-state index in [1.165, 1.54) is 0 Å². The molecule has 76 valence electrons. The van der Waals surface area contributed by atoms with Crippen molar-refractivity contribution in [1.29, 1.82) is 0 Å². The van der Waals surface area contributed by atoms with Gasteiger partial charge in [0.1, 0.15) is 0 Å². The molecule has 3 atom stereocenters. The predicted molar refractivity (Wildman–Crippen MR) is 54.7 cm³/mol. The topological polar surface area (TPSA) is 29.5 Å². The molecule has 2 rings (SSSR count). The van der Waals surface area contributed by atoms with Gasteiger partial charge in [-0.15, -0.1) is 0 Å². The second-order valence-corrected chi connectivity index (χ2v) is 4.13. The van der Waals surface area contributed by atoms with Gasteiger partial charge in [0.05, 0.1) is 6.10 Å². The molecular weight excluding hydrogens is 176 g/mol. The summed E-state index contributed by atoms with van der Waals surface area (Å²) in [5.41, 5.74) is 0.858. The van der Waals surface area contributed by atoms with Gasteiger partial charge in [-0.1, -0.05) is 37.3 Å². The van der Waals surface area contributed by atoms with Gasteiger partial charge in [0, 0.05) is 11.5 Å². The molecule has 1 aliphatic heterocycles. The molecule has 2 heteroatoms. The second-order valence-electron chi connectivity index (χ2n) is 4.13. The zero-order valence-electron chi connectivity index (χ0n) is 8.60. The second kappa shape index (κ2) is 3.37. The molecule has 0 saturated carbocycles. The summed E-state index contributed by atoms with van der Waals surface area (Å²) in [5, 5.41) is 10.4. The van der Waals surface area contributed by atoms with Crippen LogP contribution in [0.2, 0.25) is 0 Å². The van der Waals surface area contributed by atoms with Crippen molar-refractivity contribution in [3.05, 3.63) is 35.9 Å². The van der Waals surface area contributed by atoms with E-state index < -0.39 is 5.79 Å². The lowest BCUT2D eigenvalue weighted by Gasteiger charge is -2.27. The molecule has 1 fully saturated rings. The third-order valence-corrected chi connectivity index (χ3v) is 2.92. The van der Waals surface area contributed by atoms with Crippen LogP contribution in [0.4, 0.5) is 0 Å². The largest absolute Gasteiger partial charge is 0.362 e. The SMILES string of the molecule is C[C@@H]1C[C@@H](C)C(O)(c2ccccc2)O1. The lowest BCUT2D eigenvalue weighted by atomic mass is 9.92. The smallest absolute Gasteiger partial charge is 0.195 e. The lowest BCUT2D eigenvalue weighted by Crippen LogP contribution is -2.30. The highest BCUT2D eigenvalue weighted by Gasteiger charge is 2.44. The van der Waals surface area contributed by atoms with Crippen LogP contribution in [0, 0.1) is 5.92 Å². The Balaban J connectivity index is 2.33. The molecule has 0 bridgehead atoms. The van der Waals surface area contributed by atoms with Gasteiger partial charge in [-0.2, -0.15) is 0 Å². The molecule has 0 aromatic heterocycles. The van der Waals surface area contributed by atoms with Crippen LogP contribution < -0.4 is 0 Å². The van der Waals surface area contributed by atoms with E-state index in [1.54, 1.807) is 0 Å². The minimum absolute atomic E-state index is 0.134. The summed E-state index contributed by atoms with van der Waals surface area (Å²) in [6, 6.07) is 9.61. The number of rotatable bonds is 1. The Labute approximate surface area is 84.5 Å². The number of benzene rings is 1. The van der Waals surface area contributed by atoms with E-state index in [9.17, 15) is 5.11 Å². The van der Waals surface area contributed by atoms with Crippen molar-refractivity contribution < 1.29 is 9.84 Å². The molecule has 1 aromatic rings. The molecule has 1 N–H and O–H groups in total. The van der Waals surface area contributed by atoms with E-state index in [-0.39, 0.29) is 12.0 Å². The van der Waals surface area contributed by atoms with Crippen molar-refractivity contribution in [2.45, 2.75) is 32.2 Å². The maximum absolute atomic E-state index is 10.4. The maximum atomic E-state index is 10.4. The first-order chi connectivity index (χ1) is 6.63. The van der Waals surface area contributed by atoms with Crippen LogP contribution >= 0.6 is 0 Å². The van der Waals surface area contributed by atoms with Gasteiger partial charge in [-0.05, 0) is 13.3 Å². The number of ether oxygens (including phenoxy) is 1. The van der Waals surface area contributed by atoms with Crippen LogP contribution in [0.3, 0.4) is 0 Å². The normalized spacial score (nSPS) is 37.4. The van der Waals surface area contributed by atoms with Gasteiger partial charge in [0.25, 0.3) is 0 Å². The Bertz CT molecular complexity index is 309. The van der Waals surface area contributed by atoms with E-state index in [0.717, 1.165) is 12.0 Å². The Morgan fingerprint density at radius 1 is 1.29 bits per heavy atom. The van der Waals surface area contributed by atoms with E-state index >= 15 is 0 Å². The van der Waals surface area contributed by atoms with Crippen LogP contribution in [0.1, 0.15) is 25.8 Å². The number of aliphatic hydroxyl groups is 1.